The van der Waals surface area contributed by atoms with E-state index in [0.717, 1.165) is 0 Å². The second kappa shape index (κ2) is 8.51. The number of halogens is 4. The zero-order valence-electron chi connectivity index (χ0n) is 16.3. The normalized spacial score (nSPS) is 15.1. The highest BCUT2D eigenvalue weighted by Crippen LogP contribution is 2.33. The first-order valence-electron chi connectivity index (χ1n) is 9.17. The van der Waals surface area contributed by atoms with Crippen molar-refractivity contribution in [2.24, 2.45) is 0 Å². The Morgan fingerprint density at radius 3 is 2.29 bits per heavy atom. The number of anilines is 1. The number of amides is 1. The van der Waals surface area contributed by atoms with Gasteiger partial charge in [0.25, 0.3) is 0 Å². The fourth-order valence-electron chi connectivity index (χ4n) is 3.47. The van der Waals surface area contributed by atoms with Gasteiger partial charge in [-0.1, -0.05) is 23.7 Å². The maximum absolute atomic E-state index is 13.3. The SMILES string of the molecule is Cc1ccc(Cl)cc1S(=O)(=O)c1cccc(N2CCN(C(=O)C(F)(F)F)CC2)c1C=O. The molecule has 0 bridgehead atoms. The molecular weight excluding hydrogens is 457 g/mol. The molecule has 31 heavy (non-hydrogen) atoms. The molecule has 0 N–H and O–H groups in total. The molecule has 0 saturated carbocycles. The lowest BCUT2D eigenvalue weighted by Crippen LogP contribution is -2.52. The number of carbonyl (C=O) groups is 2. The minimum Gasteiger partial charge on any atom is -0.367 e. The maximum atomic E-state index is 13.3. The smallest absolute Gasteiger partial charge is 0.367 e. The lowest BCUT2D eigenvalue weighted by Gasteiger charge is -2.37. The molecule has 0 aromatic heterocycles. The third-order valence-electron chi connectivity index (χ3n) is 5.04. The summed E-state index contributed by atoms with van der Waals surface area (Å²) in [6.07, 6.45) is -4.55. The van der Waals surface area contributed by atoms with Crippen LogP contribution in [0.1, 0.15) is 15.9 Å². The van der Waals surface area contributed by atoms with Crippen LogP contribution in [0.4, 0.5) is 18.9 Å². The van der Waals surface area contributed by atoms with Crippen molar-refractivity contribution < 1.29 is 31.2 Å². The minimum absolute atomic E-state index is 0.0162. The summed E-state index contributed by atoms with van der Waals surface area (Å²) in [5, 5.41) is 0.221. The number of carbonyl (C=O) groups excluding carboxylic acids is 2. The molecule has 2 aromatic rings. The molecule has 6 nitrogen and oxygen atoms in total. The van der Waals surface area contributed by atoms with Crippen LogP contribution in [0.2, 0.25) is 5.02 Å². The summed E-state index contributed by atoms with van der Waals surface area (Å²) in [6, 6.07) is 8.68. The van der Waals surface area contributed by atoms with Gasteiger partial charge in [-0.25, -0.2) is 8.42 Å². The Morgan fingerprint density at radius 2 is 1.71 bits per heavy atom. The second-order valence-corrected chi connectivity index (χ2v) is 9.32. The van der Waals surface area contributed by atoms with Crippen molar-refractivity contribution in [3.05, 3.63) is 52.5 Å². The van der Waals surface area contributed by atoms with Crippen LogP contribution in [-0.2, 0) is 14.6 Å². The lowest BCUT2D eigenvalue weighted by molar-refractivity contribution is -0.185. The van der Waals surface area contributed by atoms with Gasteiger partial charge in [0.05, 0.1) is 15.4 Å². The highest BCUT2D eigenvalue weighted by atomic mass is 35.5. The van der Waals surface area contributed by atoms with Gasteiger partial charge in [0.2, 0.25) is 9.84 Å². The molecule has 0 spiro atoms. The highest BCUT2D eigenvalue weighted by molar-refractivity contribution is 7.91. The van der Waals surface area contributed by atoms with Gasteiger partial charge in [-0.2, -0.15) is 13.2 Å². The number of aryl methyl sites for hydroxylation is 1. The van der Waals surface area contributed by atoms with Crippen molar-refractivity contribution in [1.29, 1.82) is 0 Å². The molecule has 0 unspecified atom stereocenters. The van der Waals surface area contributed by atoms with Gasteiger partial charge in [-0.05, 0) is 36.8 Å². The van der Waals surface area contributed by atoms with Gasteiger partial charge in [-0.3, -0.25) is 9.59 Å². The molecule has 0 atom stereocenters. The monoisotopic (exact) mass is 474 g/mol. The van der Waals surface area contributed by atoms with E-state index < -0.39 is 21.9 Å². The second-order valence-electron chi connectivity index (χ2n) is 7.00. The molecule has 0 aliphatic carbocycles. The van der Waals surface area contributed by atoms with Crippen molar-refractivity contribution in [2.75, 3.05) is 31.1 Å². The summed E-state index contributed by atoms with van der Waals surface area (Å²) in [5.41, 5.74) is 0.623. The Balaban J connectivity index is 1.96. The van der Waals surface area contributed by atoms with Gasteiger partial charge in [-0.15, -0.1) is 0 Å². The Bertz CT molecular complexity index is 1130. The van der Waals surface area contributed by atoms with E-state index in [1.165, 1.54) is 24.3 Å². The number of aldehydes is 1. The molecule has 11 heteroatoms. The number of benzene rings is 2. The van der Waals surface area contributed by atoms with Crippen LogP contribution in [0.5, 0.6) is 0 Å². The number of hydrogen-bond acceptors (Lipinski definition) is 5. The molecule has 1 amide bonds. The van der Waals surface area contributed by atoms with E-state index in [0.29, 0.717) is 16.7 Å². The number of hydrogen-bond donors (Lipinski definition) is 0. The van der Waals surface area contributed by atoms with Crippen LogP contribution >= 0.6 is 11.6 Å². The Labute approximate surface area is 182 Å². The predicted molar refractivity (Wildman–Crippen MR) is 108 cm³/mol. The van der Waals surface area contributed by atoms with Gasteiger partial charge in [0.1, 0.15) is 0 Å². The lowest BCUT2D eigenvalue weighted by atomic mass is 10.1. The van der Waals surface area contributed by atoms with Gasteiger partial charge < -0.3 is 9.80 Å². The van der Waals surface area contributed by atoms with Crippen molar-refractivity contribution in [3.63, 3.8) is 0 Å². The average Bonchev–Trinajstić information content (AvgIpc) is 2.73. The van der Waals surface area contributed by atoms with Crippen molar-refractivity contribution in [2.45, 2.75) is 22.9 Å². The van der Waals surface area contributed by atoms with E-state index in [4.69, 9.17) is 11.6 Å². The third-order valence-corrected chi connectivity index (χ3v) is 7.23. The van der Waals surface area contributed by atoms with Crippen LogP contribution in [0.3, 0.4) is 0 Å². The molecule has 2 aromatic carbocycles. The first-order chi connectivity index (χ1) is 14.5. The van der Waals surface area contributed by atoms with Crippen LogP contribution in [0.25, 0.3) is 0 Å². The average molecular weight is 475 g/mol. The zero-order valence-corrected chi connectivity index (χ0v) is 17.9. The van der Waals surface area contributed by atoms with Crippen LogP contribution in [0.15, 0.2) is 46.2 Å². The number of alkyl halides is 3. The van der Waals surface area contributed by atoms with Gasteiger partial charge in [0.15, 0.2) is 6.29 Å². The number of rotatable bonds is 4. The fraction of sp³-hybridized carbons (Fsp3) is 0.300. The standard InChI is InChI=1S/C20H18ClF3N2O4S/c1-13-5-6-14(21)11-18(13)31(29,30)17-4-2-3-16(15(17)12-27)25-7-9-26(10-8-25)19(28)20(22,23)24/h2-6,11-12H,7-10H2,1H3. The third kappa shape index (κ3) is 4.54. The van der Waals surface area contributed by atoms with Crippen molar-refractivity contribution in [1.82, 2.24) is 4.90 Å². The van der Waals surface area contributed by atoms with Crippen LogP contribution < -0.4 is 4.90 Å². The number of piperazine rings is 1. The number of nitrogens with zero attached hydrogens (tertiary/aromatic N) is 2. The van der Waals surface area contributed by atoms with E-state index >= 15 is 0 Å². The Kier molecular flexibility index (Phi) is 6.33. The molecule has 1 fully saturated rings. The quantitative estimate of drug-likeness (QED) is 0.634. The Hall–Kier alpha value is -2.59. The predicted octanol–water partition coefficient (Wildman–Crippen LogP) is 3.50. The summed E-state index contributed by atoms with van der Waals surface area (Å²) < 4.78 is 64.5. The summed E-state index contributed by atoms with van der Waals surface area (Å²) >= 11 is 5.95. The zero-order chi connectivity index (χ0) is 23.0. The van der Waals surface area contributed by atoms with E-state index in [2.05, 4.69) is 0 Å². The molecule has 1 heterocycles. The van der Waals surface area contributed by atoms with Crippen molar-refractivity contribution >= 4 is 39.3 Å². The van der Waals surface area contributed by atoms with Gasteiger partial charge >= 0.3 is 12.1 Å². The summed E-state index contributed by atoms with van der Waals surface area (Å²) in [4.78, 5) is 25.3. The minimum atomic E-state index is -4.96. The van der Waals surface area contributed by atoms with Crippen LogP contribution in [0, 0.1) is 6.92 Å². The van der Waals surface area contributed by atoms with Crippen LogP contribution in [-0.4, -0.2) is 57.9 Å². The Morgan fingerprint density at radius 1 is 1.06 bits per heavy atom. The fourth-order valence-corrected chi connectivity index (χ4v) is 5.42. The first kappa shape index (κ1) is 23.1. The first-order valence-corrected chi connectivity index (χ1v) is 11.0. The number of sulfone groups is 1. The van der Waals surface area contributed by atoms with E-state index in [9.17, 15) is 31.2 Å². The van der Waals surface area contributed by atoms with Gasteiger partial charge in [0, 0.05) is 36.9 Å². The molecule has 166 valence electrons. The highest BCUT2D eigenvalue weighted by Gasteiger charge is 2.43. The molecular formula is C20H18ClF3N2O4S. The topological polar surface area (TPSA) is 74.8 Å². The molecule has 1 aliphatic heterocycles. The molecule has 3 rings (SSSR count). The summed E-state index contributed by atoms with van der Waals surface area (Å²) in [6.45, 7) is 1.22. The summed E-state index contributed by atoms with van der Waals surface area (Å²) in [7, 11) is -4.10. The molecule has 1 saturated heterocycles. The molecule has 1 aliphatic rings. The van der Waals surface area contributed by atoms with E-state index in [-0.39, 0.29) is 52.2 Å². The van der Waals surface area contributed by atoms with E-state index in [1.54, 1.807) is 24.0 Å². The molecule has 0 radical (unpaired) electrons. The summed E-state index contributed by atoms with van der Waals surface area (Å²) in [5.74, 6) is -1.92. The van der Waals surface area contributed by atoms with Crippen molar-refractivity contribution in [3.8, 4) is 0 Å². The maximum Gasteiger partial charge on any atom is 0.471 e. The van der Waals surface area contributed by atoms with E-state index in [1.807, 2.05) is 0 Å². The largest absolute Gasteiger partial charge is 0.471 e.